The van der Waals surface area contributed by atoms with Crippen molar-refractivity contribution in [1.82, 2.24) is 4.98 Å². The fourth-order valence-electron chi connectivity index (χ4n) is 1.63. The van der Waals surface area contributed by atoms with E-state index >= 15 is 0 Å². The summed E-state index contributed by atoms with van der Waals surface area (Å²) >= 11 is 12.0. The molecule has 2 rings (SSSR count). The highest BCUT2D eigenvalue weighted by atomic mass is 35.5. The Morgan fingerprint density at radius 2 is 2.11 bits per heavy atom. The van der Waals surface area contributed by atoms with Gasteiger partial charge in [-0.25, -0.2) is 4.98 Å². The lowest BCUT2D eigenvalue weighted by Crippen LogP contribution is -2.05. The van der Waals surface area contributed by atoms with Crippen molar-refractivity contribution in [2.24, 2.45) is 0 Å². The fourth-order valence-corrected chi connectivity index (χ4v) is 1.96. The summed E-state index contributed by atoms with van der Waals surface area (Å²) in [5.74, 6) is 1.39. The minimum absolute atomic E-state index is 0.385. The topological polar surface area (TPSA) is 34.2 Å². The number of aromatic nitrogens is 1. The second kappa shape index (κ2) is 6.64. The quantitative estimate of drug-likeness (QED) is 0.888. The molecular formula is C14H14Cl2N2O. The van der Waals surface area contributed by atoms with Crippen LogP contribution in [0.15, 0.2) is 36.5 Å². The van der Waals surface area contributed by atoms with Gasteiger partial charge in [-0.05, 0) is 25.1 Å². The van der Waals surface area contributed by atoms with Crippen LogP contribution in [-0.2, 0) is 6.61 Å². The average molecular weight is 297 g/mol. The van der Waals surface area contributed by atoms with E-state index in [2.05, 4.69) is 10.3 Å². The summed E-state index contributed by atoms with van der Waals surface area (Å²) in [5.41, 5.74) is 0.973. The Labute approximate surface area is 122 Å². The lowest BCUT2D eigenvalue weighted by molar-refractivity contribution is 0.306. The van der Waals surface area contributed by atoms with Gasteiger partial charge in [0.05, 0.1) is 5.02 Å². The normalized spacial score (nSPS) is 10.3. The van der Waals surface area contributed by atoms with Crippen molar-refractivity contribution in [1.29, 1.82) is 0 Å². The lowest BCUT2D eigenvalue weighted by atomic mass is 10.2. The molecule has 3 nitrogen and oxygen atoms in total. The monoisotopic (exact) mass is 296 g/mol. The van der Waals surface area contributed by atoms with E-state index < -0.39 is 0 Å². The van der Waals surface area contributed by atoms with Crippen molar-refractivity contribution in [2.45, 2.75) is 13.5 Å². The molecule has 100 valence electrons. The maximum atomic E-state index is 6.05. The third-order valence-corrected chi connectivity index (χ3v) is 3.06. The van der Waals surface area contributed by atoms with Crippen LogP contribution in [0.25, 0.3) is 0 Å². The average Bonchev–Trinajstić information content (AvgIpc) is 2.42. The number of benzene rings is 1. The van der Waals surface area contributed by atoms with Gasteiger partial charge in [0.15, 0.2) is 0 Å². The molecule has 5 heteroatoms. The van der Waals surface area contributed by atoms with Crippen molar-refractivity contribution >= 4 is 29.0 Å². The van der Waals surface area contributed by atoms with Crippen LogP contribution in [0.5, 0.6) is 5.75 Å². The Morgan fingerprint density at radius 1 is 1.26 bits per heavy atom. The zero-order valence-corrected chi connectivity index (χ0v) is 12.0. The molecule has 1 N–H and O–H groups in total. The van der Waals surface area contributed by atoms with Crippen LogP contribution in [0, 0.1) is 0 Å². The van der Waals surface area contributed by atoms with Crippen LogP contribution in [-0.4, -0.2) is 11.5 Å². The maximum absolute atomic E-state index is 6.05. The van der Waals surface area contributed by atoms with Crippen LogP contribution in [0.3, 0.4) is 0 Å². The highest BCUT2D eigenvalue weighted by Crippen LogP contribution is 2.28. The highest BCUT2D eigenvalue weighted by Gasteiger charge is 2.06. The molecule has 0 saturated heterocycles. The minimum Gasteiger partial charge on any atom is -0.487 e. The zero-order chi connectivity index (χ0) is 13.7. The summed E-state index contributed by atoms with van der Waals surface area (Å²) in [6, 6.07) is 8.98. The van der Waals surface area contributed by atoms with Crippen molar-refractivity contribution in [3.8, 4) is 5.75 Å². The third kappa shape index (κ3) is 3.75. The summed E-state index contributed by atoms with van der Waals surface area (Å²) < 4.78 is 5.69. The first-order valence-electron chi connectivity index (χ1n) is 5.96. The maximum Gasteiger partial charge on any atom is 0.139 e. The Kier molecular flexibility index (Phi) is 4.88. The highest BCUT2D eigenvalue weighted by molar-refractivity contribution is 6.34. The molecule has 0 radical (unpaired) electrons. The van der Waals surface area contributed by atoms with Crippen LogP contribution in [0.2, 0.25) is 10.0 Å². The van der Waals surface area contributed by atoms with E-state index in [0.717, 1.165) is 17.9 Å². The smallest absolute Gasteiger partial charge is 0.139 e. The first-order valence-corrected chi connectivity index (χ1v) is 6.72. The van der Waals surface area contributed by atoms with Gasteiger partial charge in [-0.15, -0.1) is 0 Å². The number of anilines is 1. The summed E-state index contributed by atoms with van der Waals surface area (Å²) in [6.07, 6.45) is 1.74. The van der Waals surface area contributed by atoms with Gasteiger partial charge in [0.25, 0.3) is 0 Å². The van der Waals surface area contributed by atoms with Crippen LogP contribution < -0.4 is 10.1 Å². The van der Waals surface area contributed by atoms with Crippen molar-refractivity contribution < 1.29 is 4.74 Å². The van der Waals surface area contributed by atoms with Gasteiger partial charge in [-0.3, -0.25) is 0 Å². The van der Waals surface area contributed by atoms with Crippen molar-refractivity contribution in [3.63, 3.8) is 0 Å². The Bertz CT molecular complexity index is 561. The van der Waals surface area contributed by atoms with Crippen LogP contribution in [0.1, 0.15) is 12.5 Å². The number of pyridine rings is 1. The van der Waals surface area contributed by atoms with Gasteiger partial charge in [-0.2, -0.15) is 0 Å². The van der Waals surface area contributed by atoms with E-state index in [1.54, 1.807) is 24.4 Å². The van der Waals surface area contributed by atoms with Crippen molar-refractivity contribution in [2.75, 3.05) is 11.9 Å². The second-order valence-corrected chi connectivity index (χ2v) is 4.75. The molecule has 0 saturated carbocycles. The second-order valence-electron chi connectivity index (χ2n) is 3.90. The van der Waals surface area contributed by atoms with Gasteiger partial charge in [-0.1, -0.05) is 29.3 Å². The Morgan fingerprint density at radius 3 is 2.89 bits per heavy atom. The number of hydrogen-bond donors (Lipinski definition) is 1. The molecule has 0 aliphatic rings. The Balaban J connectivity index is 2.12. The first kappa shape index (κ1) is 14.0. The van der Waals surface area contributed by atoms with Gasteiger partial charge >= 0.3 is 0 Å². The van der Waals surface area contributed by atoms with E-state index in [1.165, 1.54) is 0 Å². The zero-order valence-electron chi connectivity index (χ0n) is 10.5. The number of nitrogens with zero attached hydrogens (tertiary/aromatic N) is 1. The fraction of sp³-hybridized carbons (Fsp3) is 0.214. The number of nitrogens with one attached hydrogen (secondary N) is 1. The van der Waals surface area contributed by atoms with E-state index in [0.29, 0.717) is 22.4 Å². The van der Waals surface area contributed by atoms with E-state index in [4.69, 9.17) is 27.9 Å². The van der Waals surface area contributed by atoms with Gasteiger partial charge in [0.2, 0.25) is 0 Å². The van der Waals surface area contributed by atoms with Crippen molar-refractivity contribution in [3.05, 3.63) is 52.1 Å². The standard InChI is InChI=1S/C14H14Cl2N2O/c1-2-17-14-10(4-3-7-18-14)9-19-13-8-11(15)5-6-12(13)16/h3-8H,2,9H2,1H3,(H,17,18). The molecule has 1 aromatic carbocycles. The number of halogens is 2. The van der Waals surface area contributed by atoms with Crippen LogP contribution in [0.4, 0.5) is 5.82 Å². The predicted molar refractivity (Wildman–Crippen MR) is 79.2 cm³/mol. The molecule has 0 bridgehead atoms. The number of rotatable bonds is 5. The molecule has 2 aromatic rings. The molecule has 1 heterocycles. The molecule has 0 amide bonds. The minimum atomic E-state index is 0.385. The molecule has 1 aromatic heterocycles. The Hall–Kier alpha value is -1.45. The number of hydrogen-bond acceptors (Lipinski definition) is 3. The molecule has 0 atom stereocenters. The summed E-state index contributed by atoms with van der Waals surface area (Å²) in [7, 11) is 0. The van der Waals surface area contributed by atoms with E-state index in [9.17, 15) is 0 Å². The third-order valence-electron chi connectivity index (χ3n) is 2.51. The molecule has 19 heavy (non-hydrogen) atoms. The summed E-state index contributed by atoms with van der Waals surface area (Å²) in [4.78, 5) is 4.27. The van der Waals surface area contributed by atoms with Gasteiger partial charge in [0.1, 0.15) is 18.2 Å². The molecular weight excluding hydrogens is 283 g/mol. The first-order chi connectivity index (χ1) is 9.20. The summed E-state index contributed by atoms with van der Waals surface area (Å²) in [5, 5.41) is 4.32. The molecule has 0 aliphatic carbocycles. The summed E-state index contributed by atoms with van der Waals surface area (Å²) in [6.45, 7) is 3.21. The molecule has 0 unspecified atom stereocenters. The van der Waals surface area contributed by atoms with Gasteiger partial charge < -0.3 is 10.1 Å². The SMILES string of the molecule is CCNc1ncccc1COc1cc(Cl)ccc1Cl. The van der Waals surface area contributed by atoms with Gasteiger partial charge in [0, 0.05) is 29.4 Å². The predicted octanol–water partition coefficient (Wildman–Crippen LogP) is 4.40. The molecule has 0 spiro atoms. The largest absolute Gasteiger partial charge is 0.487 e. The van der Waals surface area contributed by atoms with E-state index in [-0.39, 0.29) is 0 Å². The molecule has 0 aliphatic heterocycles. The van der Waals surface area contributed by atoms with E-state index in [1.807, 2.05) is 19.1 Å². The van der Waals surface area contributed by atoms with Crippen LogP contribution >= 0.6 is 23.2 Å². The molecule has 0 fully saturated rings. The lowest BCUT2D eigenvalue weighted by Gasteiger charge is -2.11. The number of ether oxygens (including phenoxy) is 1.